The summed E-state index contributed by atoms with van der Waals surface area (Å²) in [5.41, 5.74) is 2.75. The zero-order valence-corrected chi connectivity index (χ0v) is 15.8. The predicted molar refractivity (Wildman–Crippen MR) is 102 cm³/mol. The number of aryl methyl sites for hydroxylation is 2. The van der Waals surface area contributed by atoms with E-state index in [2.05, 4.69) is 26.6 Å². The van der Waals surface area contributed by atoms with E-state index in [0.717, 1.165) is 15.6 Å². The lowest BCUT2D eigenvalue weighted by Crippen LogP contribution is -2.34. The van der Waals surface area contributed by atoms with Crippen LogP contribution in [0.15, 0.2) is 34.8 Å². The molecule has 0 bridgehead atoms. The lowest BCUT2D eigenvalue weighted by atomic mass is 10.1. The summed E-state index contributed by atoms with van der Waals surface area (Å²) in [6, 6.07) is 8.51. The van der Waals surface area contributed by atoms with Crippen molar-refractivity contribution in [2.75, 3.05) is 12.4 Å². The molecule has 0 aliphatic heterocycles. The molecule has 1 amide bonds. The number of hydrogen-bond acceptors (Lipinski definition) is 4. The second-order valence-corrected chi connectivity index (χ2v) is 6.53. The summed E-state index contributed by atoms with van der Waals surface area (Å²) >= 11 is 8.47. The van der Waals surface area contributed by atoms with Crippen LogP contribution in [0.25, 0.3) is 0 Å². The van der Waals surface area contributed by atoms with Crippen molar-refractivity contribution in [2.45, 2.75) is 13.8 Å². The molecule has 0 fully saturated rings. The summed E-state index contributed by atoms with van der Waals surface area (Å²) in [4.78, 5) is 12.4. The van der Waals surface area contributed by atoms with Crippen LogP contribution in [0.1, 0.15) is 21.5 Å². The molecule has 0 radical (unpaired) electrons. The Morgan fingerprint density at radius 3 is 2.54 bits per heavy atom. The molecule has 0 aliphatic rings. The Labute approximate surface area is 154 Å². The Morgan fingerprint density at radius 2 is 1.88 bits per heavy atom. The number of anilines is 1. The molecule has 2 aromatic carbocycles. The number of carbonyl (C=O) groups excluding carboxylic acids is 1. The standard InChI is InChI=1S/C17H17BrN2O3S/c1-9-6-13(14(21)7-10(9)2)19-17(24)20-16(22)12-8-11(18)4-5-15(12)23-3/h4-8,21H,1-3H3,(H2,19,20,22,24). The molecule has 0 aliphatic carbocycles. The zero-order chi connectivity index (χ0) is 17.9. The van der Waals surface area contributed by atoms with Crippen LogP contribution < -0.4 is 15.4 Å². The molecule has 0 heterocycles. The molecule has 0 aromatic heterocycles. The Balaban J connectivity index is 2.14. The van der Waals surface area contributed by atoms with Crippen LogP contribution in [0.4, 0.5) is 5.69 Å². The second kappa shape index (κ2) is 7.63. The van der Waals surface area contributed by atoms with Gasteiger partial charge in [-0.3, -0.25) is 10.1 Å². The van der Waals surface area contributed by atoms with E-state index in [1.54, 1.807) is 30.3 Å². The summed E-state index contributed by atoms with van der Waals surface area (Å²) in [5.74, 6) is 0.0937. The van der Waals surface area contributed by atoms with Crippen LogP contribution in [-0.2, 0) is 0 Å². The average molecular weight is 409 g/mol. The highest BCUT2D eigenvalue weighted by atomic mass is 79.9. The SMILES string of the molecule is COc1ccc(Br)cc1C(=O)NC(=S)Nc1cc(C)c(C)cc1O. The fourth-order valence-electron chi connectivity index (χ4n) is 2.08. The number of halogens is 1. The van der Waals surface area contributed by atoms with Crippen molar-refractivity contribution in [3.05, 3.63) is 51.5 Å². The highest BCUT2D eigenvalue weighted by Crippen LogP contribution is 2.27. The Kier molecular flexibility index (Phi) is 5.80. The van der Waals surface area contributed by atoms with Crippen LogP contribution >= 0.6 is 28.1 Å². The number of aromatic hydroxyl groups is 1. The smallest absolute Gasteiger partial charge is 0.261 e. The molecule has 2 aromatic rings. The number of amides is 1. The van der Waals surface area contributed by atoms with Gasteiger partial charge >= 0.3 is 0 Å². The average Bonchev–Trinajstić information content (AvgIpc) is 2.52. The van der Waals surface area contributed by atoms with Crippen molar-refractivity contribution < 1.29 is 14.6 Å². The number of phenols is 1. The summed E-state index contributed by atoms with van der Waals surface area (Å²) in [6.07, 6.45) is 0. The maximum atomic E-state index is 12.4. The van der Waals surface area contributed by atoms with Crippen molar-refractivity contribution in [3.63, 3.8) is 0 Å². The van der Waals surface area contributed by atoms with E-state index in [1.807, 2.05) is 13.8 Å². The highest BCUT2D eigenvalue weighted by Gasteiger charge is 2.15. The third kappa shape index (κ3) is 4.24. The van der Waals surface area contributed by atoms with Gasteiger partial charge in [0.2, 0.25) is 0 Å². The van der Waals surface area contributed by atoms with Crippen LogP contribution in [-0.4, -0.2) is 23.2 Å². The van der Waals surface area contributed by atoms with Crippen LogP contribution in [0.3, 0.4) is 0 Å². The predicted octanol–water partition coefficient (Wildman–Crippen LogP) is 3.91. The van der Waals surface area contributed by atoms with E-state index in [9.17, 15) is 9.90 Å². The number of ether oxygens (including phenoxy) is 1. The minimum atomic E-state index is -0.408. The maximum absolute atomic E-state index is 12.4. The topological polar surface area (TPSA) is 70.6 Å². The molecule has 3 N–H and O–H groups in total. The molecular formula is C17H17BrN2O3S. The van der Waals surface area contributed by atoms with Crippen LogP contribution in [0, 0.1) is 13.8 Å². The molecule has 0 unspecified atom stereocenters. The second-order valence-electron chi connectivity index (χ2n) is 5.21. The first kappa shape index (κ1) is 18.2. The molecule has 7 heteroatoms. The van der Waals surface area contributed by atoms with Gasteiger partial charge in [0.15, 0.2) is 5.11 Å². The number of methoxy groups -OCH3 is 1. The maximum Gasteiger partial charge on any atom is 0.261 e. The van der Waals surface area contributed by atoms with Gasteiger partial charge in [0, 0.05) is 4.47 Å². The van der Waals surface area contributed by atoms with E-state index in [1.165, 1.54) is 7.11 Å². The van der Waals surface area contributed by atoms with Gasteiger partial charge in [-0.1, -0.05) is 15.9 Å². The van der Waals surface area contributed by atoms with Gasteiger partial charge in [-0.2, -0.15) is 0 Å². The van der Waals surface area contributed by atoms with Crippen molar-refractivity contribution >= 4 is 44.9 Å². The number of nitrogens with one attached hydrogen (secondary N) is 2. The molecular weight excluding hydrogens is 392 g/mol. The summed E-state index contributed by atoms with van der Waals surface area (Å²) in [7, 11) is 1.49. The third-order valence-electron chi connectivity index (χ3n) is 3.49. The first-order chi connectivity index (χ1) is 11.3. The van der Waals surface area contributed by atoms with Crippen molar-refractivity contribution in [1.82, 2.24) is 5.32 Å². The van der Waals surface area contributed by atoms with Gasteiger partial charge in [-0.15, -0.1) is 0 Å². The number of carbonyl (C=O) groups is 1. The number of rotatable bonds is 3. The van der Waals surface area contributed by atoms with Crippen molar-refractivity contribution in [1.29, 1.82) is 0 Å². The van der Waals surface area contributed by atoms with E-state index >= 15 is 0 Å². The van der Waals surface area contributed by atoms with Crippen LogP contribution in [0.2, 0.25) is 0 Å². The molecule has 0 saturated carbocycles. The zero-order valence-electron chi connectivity index (χ0n) is 13.4. The molecule has 0 saturated heterocycles. The minimum Gasteiger partial charge on any atom is -0.506 e. The van der Waals surface area contributed by atoms with Crippen LogP contribution in [0.5, 0.6) is 11.5 Å². The molecule has 0 atom stereocenters. The highest BCUT2D eigenvalue weighted by molar-refractivity contribution is 9.10. The largest absolute Gasteiger partial charge is 0.506 e. The van der Waals surface area contributed by atoms with Gasteiger partial charge in [0.1, 0.15) is 11.5 Å². The molecule has 2 rings (SSSR count). The quantitative estimate of drug-likeness (QED) is 0.530. The van der Waals surface area contributed by atoms with E-state index in [-0.39, 0.29) is 10.9 Å². The van der Waals surface area contributed by atoms with Gasteiger partial charge in [-0.05, 0) is 67.5 Å². The Morgan fingerprint density at radius 1 is 1.21 bits per heavy atom. The third-order valence-corrected chi connectivity index (χ3v) is 4.19. The lowest BCUT2D eigenvalue weighted by molar-refractivity contribution is 0.0974. The first-order valence-electron chi connectivity index (χ1n) is 7.08. The number of hydrogen-bond donors (Lipinski definition) is 3. The van der Waals surface area contributed by atoms with Gasteiger partial charge < -0.3 is 15.2 Å². The monoisotopic (exact) mass is 408 g/mol. The van der Waals surface area contributed by atoms with Gasteiger partial charge in [0.05, 0.1) is 18.4 Å². The molecule has 5 nitrogen and oxygen atoms in total. The van der Waals surface area contributed by atoms with E-state index in [0.29, 0.717) is 17.0 Å². The minimum absolute atomic E-state index is 0.0646. The molecule has 24 heavy (non-hydrogen) atoms. The van der Waals surface area contributed by atoms with Gasteiger partial charge in [0.25, 0.3) is 5.91 Å². The summed E-state index contributed by atoms with van der Waals surface area (Å²) < 4.78 is 5.93. The fraction of sp³-hybridized carbons (Fsp3) is 0.176. The fourth-order valence-corrected chi connectivity index (χ4v) is 2.65. The molecule has 0 spiro atoms. The van der Waals surface area contributed by atoms with Crippen molar-refractivity contribution in [3.8, 4) is 11.5 Å². The Hall–Kier alpha value is -2.12. The van der Waals surface area contributed by atoms with E-state index in [4.69, 9.17) is 17.0 Å². The number of benzene rings is 2. The normalized spacial score (nSPS) is 10.2. The first-order valence-corrected chi connectivity index (χ1v) is 8.28. The van der Waals surface area contributed by atoms with Crippen molar-refractivity contribution in [2.24, 2.45) is 0 Å². The number of thiocarbonyl (C=S) groups is 1. The molecule has 126 valence electrons. The summed E-state index contributed by atoms with van der Waals surface area (Å²) in [5, 5.41) is 15.5. The van der Waals surface area contributed by atoms with E-state index < -0.39 is 5.91 Å². The Bertz CT molecular complexity index is 809. The summed E-state index contributed by atoms with van der Waals surface area (Å²) in [6.45, 7) is 3.83. The lowest BCUT2D eigenvalue weighted by Gasteiger charge is -2.14. The van der Waals surface area contributed by atoms with Gasteiger partial charge in [-0.25, -0.2) is 0 Å². The number of phenolic OH excluding ortho intramolecular Hbond substituents is 1.